The summed E-state index contributed by atoms with van der Waals surface area (Å²) < 4.78 is 26.5. The smallest absolute Gasteiger partial charge is 0.335 e. The van der Waals surface area contributed by atoms with E-state index in [0.29, 0.717) is 5.56 Å². The fourth-order valence-electron chi connectivity index (χ4n) is 2.76. The number of hydrogen-bond donors (Lipinski definition) is 2. The lowest BCUT2D eigenvalue weighted by molar-refractivity contribution is 0.0685. The van der Waals surface area contributed by atoms with Gasteiger partial charge in [-0.3, -0.25) is 0 Å². The highest BCUT2D eigenvalue weighted by Gasteiger charge is 2.06. The first-order valence-electron chi connectivity index (χ1n) is 10.8. The molecule has 188 valence electrons. The third kappa shape index (κ3) is 10.0. The zero-order chi connectivity index (χ0) is 27.2. The van der Waals surface area contributed by atoms with Gasteiger partial charge in [0, 0.05) is 5.56 Å². The summed E-state index contributed by atoms with van der Waals surface area (Å²) >= 11 is 2.91. The maximum absolute atomic E-state index is 13.6. The molecule has 0 saturated carbocycles. The van der Waals surface area contributed by atoms with Crippen molar-refractivity contribution in [2.45, 2.75) is 0 Å². The molecule has 4 rings (SSSR count). The Kier molecular flexibility index (Phi) is 11.6. The Morgan fingerprint density at radius 1 is 0.676 bits per heavy atom. The molecule has 0 radical (unpaired) electrons. The van der Waals surface area contributed by atoms with Crippen LogP contribution < -0.4 is 0 Å². The second-order valence-electron chi connectivity index (χ2n) is 7.33. The monoisotopic (exact) mass is 564 g/mol. The van der Waals surface area contributed by atoms with Gasteiger partial charge >= 0.3 is 11.9 Å². The molecule has 37 heavy (non-hydrogen) atoms. The molecule has 2 N–H and O–H groups in total. The minimum atomic E-state index is -1.13. The second-order valence-corrected chi connectivity index (χ2v) is 8.19. The van der Waals surface area contributed by atoms with Crippen molar-refractivity contribution in [1.29, 1.82) is 0 Å². The molecule has 0 amide bonds. The number of carbonyl (C=O) groups is 2. The summed E-state index contributed by atoms with van der Waals surface area (Å²) in [5, 5.41) is 17.1. The summed E-state index contributed by atoms with van der Waals surface area (Å²) in [7, 11) is 0. The third-order valence-electron chi connectivity index (χ3n) is 4.70. The summed E-state index contributed by atoms with van der Waals surface area (Å²) in [6, 6.07) is 27.0. The van der Waals surface area contributed by atoms with Gasteiger partial charge in [0.05, 0.1) is 15.6 Å². The Hall–Kier alpha value is -4.36. The van der Waals surface area contributed by atoms with Gasteiger partial charge in [-0.1, -0.05) is 91.5 Å². The lowest BCUT2D eigenvalue weighted by Gasteiger charge is -1.99. The fourth-order valence-corrected chi connectivity index (χ4v) is 3.01. The molecule has 0 heterocycles. The van der Waals surface area contributed by atoms with E-state index in [0.717, 1.165) is 17.7 Å². The number of aromatic carboxylic acids is 2. The highest BCUT2D eigenvalue weighted by molar-refractivity contribution is 9.10. The van der Waals surface area contributed by atoms with Crippen LogP contribution in [0.4, 0.5) is 8.78 Å². The van der Waals surface area contributed by atoms with Crippen molar-refractivity contribution in [2.24, 2.45) is 0 Å². The molecule has 0 aliphatic rings. The lowest BCUT2D eigenvalue weighted by Crippen LogP contribution is -1.97. The fraction of sp³-hybridized carbons (Fsp3) is 0. The Morgan fingerprint density at radius 3 is 1.59 bits per heavy atom. The molecule has 0 saturated heterocycles. The van der Waals surface area contributed by atoms with E-state index < -0.39 is 23.6 Å². The van der Waals surface area contributed by atoms with Crippen LogP contribution in [0.1, 0.15) is 37.4 Å². The lowest BCUT2D eigenvalue weighted by atomic mass is 10.1. The van der Waals surface area contributed by atoms with E-state index in [9.17, 15) is 18.4 Å². The largest absolute Gasteiger partial charge is 0.478 e. The van der Waals surface area contributed by atoms with E-state index in [4.69, 9.17) is 10.2 Å². The van der Waals surface area contributed by atoms with E-state index >= 15 is 0 Å². The highest BCUT2D eigenvalue weighted by atomic mass is 79.9. The molecule has 0 bridgehead atoms. The Labute approximate surface area is 222 Å². The molecule has 0 unspecified atom stereocenters. The van der Waals surface area contributed by atoms with E-state index in [-0.39, 0.29) is 15.6 Å². The van der Waals surface area contributed by atoms with Crippen molar-refractivity contribution in [1.82, 2.24) is 0 Å². The third-order valence-corrected chi connectivity index (χ3v) is 5.35. The molecular weight excluding hydrogens is 542 g/mol. The van der Waals surface area contributed by atoms with Gasteiger partial charge in [0.15, 0.2) is 0 Å². The minimum absolute atomic E-state index is 0.0503. The highest BCUT2D eigenvalue weighted by Crippen LogP contribution is 2.16. The van der Waals surface area contributed by atoms with Crippen LogP contribution in [0.3, 0.4) is 0 Å². The predicted molar refractivity (Wildman–Crippen MR) is 146 cm³/mol. The van der Waals surface area contributed by atoms with Crippen LogP contribution in [0.25, 0.3) is 18.2 Å². The van der Waals surface area contributed by atoms with Gasteiger partial charge in [0.1, 0.15) is 11.6 Å². The van der Waals surface area contributed by atoms with Gasteiger partial charge in [-0.15, -0.1) is 0 Å². The summed E-state index contributed by atoms with van der Waals surface area (Å²) in [4.78, 5) is 20.9. The molecule has 0 aliphatic carbocycles. The quantitative estimate of drug-likeness (QED) is 0.239. The Morgan fingerprint density at radius 2 is 1.16 bits per heavy atom. The van der Waals surface area contributed by atoms with Crippen molar-refractivity contribution in [3.63, 3.8) is 0 Å². The van der Waals surface area contributed by atoms with Crippen LogP contribution >= 0.6 is 15.9 Å². The molecule has 0 spiro atoms. The number of rotatable bonds is 5. The molecular formula is C30H23BrF2O4. The minimum Gasteiger partial charge on any atom is -0.478 e. The average Bonchev–Trinajstić information content (AvgIpc) is 2.91. The first-order valence-corrected chi connectivity index (χ1v) is 11.6. The molecule has 0 aliphatic heterocycles. The normalized spacial score (nSPS) is 9.92. The maximum Gasteiger partial charge on any atom is 0.335 e. The van der Waals surface area contributed by atoms with Crippen molar-refractivity contribution in [2.75, 3.05) is 0 Å². The number of hydrogen-bond acceptors (Lipinski definition) is 2. The second kappa shape index (κ2) is 14.9. The molecule has 0 fully saturated rings. The molecule has 7 heteroatoms. The number of halogens is 3. The van der Waals surface area contributed by atoms with Gasteiger partial charge in [-0.2, -0.15) is 0 Å². The Balaban J connectivity index is 0.000000215. The summed E-state index contributed by atoms with van der Waals surface area (Å²) in [5.41, 5.74) is 2.39. The topological polar surface area (TPSA) is 74.6 Å². The van der Waals surface area contributed by atoms with E-state index in [1.807, 2.05) is 66.7 Å². The van der Waals surface area contributed by atoms with E-state index in [1.165, 1.54) is 29.8 Å². The number of benzene rings is 4. The average molecular weight is 565 g/mol. The summed E-state index contributed by atoms with van der Waals surface area (Å²) in [5.74, 6) is -3.36. The Bertz CT molecular complexity index is 1370. The van der Waals surface area contributed by atoms with Gasteiger partial charge in [-0.05, 0) is 57.4 Å². The van der Waals surface area contributed by atoms with Crippen LogP contribution in [-0.4, -0.2) is 22.2 Å². The van der Waals surface area contributed by atoms with Crippen molar-refractivity contribution in [3.8, 4) is 0 Å². The van der Waals surface area contributed by atoms with Crippen LogP contribution in [0.2, 0.25) is 0 Å². The van der Waals surface area contributed by atoms with Crippen LogP contribution in [0.5, 0.6) is 0 Å². The van der Waals surface area contributed by atoms with Crippen molar-refractivity contribution in [3.05, 3.63) is 148 Å². The maximum atomic E-state index is 13.6. The predicted octanol–water partition coefficient (Wildman–Crippen LogP) is 8.31. The SMILES string of the molecule is C=Cc1ccccc1.O=C(O)c1ccc(/C=C/c2ccccc2)c(F)c1.O=C(O)c1ccc(Br)c(F)c1. The van der Waals surface area contributed by atoms with Crippen molar-refractivity contribution >= 4 is 46.1 Å². The van der Waals surface area contributed by atoms with Crippen LogP contribution in [-0.2, 0) is 0 Å². The molecule has 4 aromatic carbocycles. The van der Waals surface area contributed by atoms with Crippen molar-refractivity contribution < 1.29 is 28.6 Å². The first-order chi connectivity index (χ1) is 17.7. The van der Waals surface area contributed by atoms with E-state index in [1.54, 1.807) is 12.2 Å². The standard InChI is InChI=1S/C15H11FO2.C8H8.C7H4BrFO2/c16-14-10-13(15(17)18)9-8-12(14)7-6-11-4-2-1-3-5-11;1-2-8-6-4-3-5-7-8;8-5-2-1-4(7(10)11)3-6(5)9/h1-10H,(H,17,18);2-7H,1H2;1-3H,(H,10,11)/b7-6+;;. The molecule has 0 aromatic heterocycles. The van der Waals surface area contributed by atoms with Gasteiger partial charge in [0.2, 0.25) is 0 Å². The zero-order valence-corrected chi connectivity index (χ0v) is 21.1. The van der Waals surface area contributed by atoms with Gasteiger partial charge < -0.3 is 10.2 Å². The van der Waals surface area contributed by atoms with Gasteiger partial charge in [-0.25, -0.2) is 18.4 Å². The number of carboxylic acid groups (broad SMARTS) is 2. The van der Waals surface area contributed by atoms with Crippen LogP contribution in [0, 0.1) is 11.6 Å². The first kappa shape index (κ1) is 28.9. The number of carboxylic acids is 2. The van der Waals surface area contributed by atoms with Gasteiger partial charge in [0.25, 0.3) is 0 Å². The van der Waals surface area contributed by atoms with Crippen LogP contribution in [0.15, 0.2) is 108 Å². The zero-order valence-electron chi connectivity index (χ0n) is 19.5. The summed E-state index contributed by atoms with van der Waals surface area (Å²) in [6.07, 6.45) is 5.23. The summed E-state index contributed by atoms with van der Waals surface area (Å²) in [6.45, 7) is 3.63. The molecule has 4 aromatic rings. The molecule has 4 nitrogen and oxygen atoms in total. The molecule has 0 atom stereocenters. The van der Waals surface area contributed by atoms with E-state index in [2.05, 4.69) is 22.5 Å².